The molecule has 0 aliphatic heterocycles. The van der Waals surface area contributed by atoms with Crippen LogP contribution >= 0.6 is 0 Å². The average Bonchev–Trinajstić information content (AvgIpc) is 3.15. The third-order valence-corrected chi connectivity index (χ3v) is 4.91. The predicted molar refractivity (Wildman–Crippen MR) is 98.4 cm³/mol. The number of nitrogens with one attached hydrogen (secondary N) is 1. The molecule has 0 saturated heterocycles. The van der Waals surface area contributed by atoms with Crippen molar-refractivity contribution in [2.45, 2.75) is 39.2 Å². The van der Waals surface area contributed by atoms with Gasteiger partial charge in [0.15, 0.2) is 0 Å². The van der Waals surface area contributed by atoms with Gasteiger partial charge in [0.2, 0.25) is 5.91 Å². The molecule has 0 bridgehead atoms. The van der Waals surface area contributed by atoms with Gasteiger partial charge in [0.1, 0.15) is 0 Å². The minimum Gasteiger partial charge on any atom is -0.393 e. The maximum atomic E-state index is 12.1. The van der Waals surface area contributed by atoms with Crippen molar-refractivity contribution in [3.8, 4) is 5.69 Å². The third kappa shape index (κ3) is 3.99. The first-order chi connectivity index (χ1) is 12.1. The van der Waals surface area contributed by atoms with Crippen molar-refractivity contribution in [2.75, 3.05) is 6.54 Å². The van der Waals surface area contributed by atoms with Gasteiger partial charge in [-0.05, 0) is 44.9 Å². The van der Waals surface area contributed by atoms with E-state index in [-0.39, 0.29) is 17.9 Å². The number of benzene rings is 1. The number of hydrogen-bond acceptors (Lipinski definition) is 3. The Labute approximate surface area is 148 Å². The molecule has 3 rings (SSSR count). The summed E-state index contributed by atoms with van der Waals surface area (Å²) in [5.41, 5.74) is 3.85. The first-order valence-electron chi connectivity index (χ1n) is 8.82. The molecule has 0 spiro atoms. The molecule has 2 atom stereocenters. The highest BCUT2D eigenvalue weighted by molar-refractivity contribution is 5.92. The molecule has 1 fully saturated rings. The van der Waals surface area contributed by atoms with Crippen LogP contribution in [0.2, 0.25) is 0 Å². The quantitative estimate of drug-likeness (QED) is 0.823. The monoisotopic (exact) mass is 339 g/mol. The molecule has 1 amide bonds. The number of amides is 1. The highest BCUT2D eigenvalue weighted by Gasteiger charge is 2.25. The number of carbonyl (C=O) groups excluding carboxylic acids is 1. The van der Waals surface area contributed by atoms with E-state index in [2.05, 4.69) is 10.4 Å². The van der Waals surface area contributed by atoms with Crippen LogP contribution in [0.25, 0.3) is 11.8 Å². The molecular formula is C20H25N3O2. The van der Waals surface area contributed by atoms with Crippen molar-refractivity contribution in [3.63, 3.8) is 0 Å². The smallest absolute Gasteiger partial charge is 0.244 e. The van der Waals surface area contributed by atoms with Gasteiger partial charge in [0.25, 0.3) is 0 Å². The summed E-state index contributed by atoms with van der Waals surface area (Å²) in [4.78, 5) is 12.1. The molecule has 25 heavy (non-hydrogen) atoms. The molecule has 1 aromatic carbocycles. The standard InChI is InChI=1S/C20H25N3O2/c1-14-18(15(2)23(22-14)17-8-4-3-5-9-17)11-12-20(25)21-13-16-7-6-10-19(16)24/h3-5,8-9,11-12,16,19,24H,6-7,10,13H2,1-2H3,(H,21,25). The maximum Gasteiger partial charge on any atom is 0.244 e. The summed E-state index contributed by atoms with van der Waals surface area (Å²) in [7, 11) is 0. The molecule has 1 aliphatic carbocycles. The molecule has 1 heterocycles. The Balaban J connectivity index is 1.67. The topological polar surface area (TPSA) is 67.2 Å². The van der Waals surface area contributed by atoms with E-state index in [0.29, 0.717) is 6.54 Å². The minimum atomic E-state index is -0.280. The largest absolute Gasteiger partial charge is 0.393 e. The second-order valence-corrected chi connectivity index (χ2v) is 6.67. The zero-order chi connectivity index (χ0) is 17.8. The summed E-state index contributed by atoms with van der Waals surface area (Å²) in [6.07, 6.45) is 5.94. The van der Waals surface area contributed by atoms with Crippen molar-refractivity contribution in [1.29, 1.82) is 0 Å². The van der Waals surface area contributed by atoms with Gasteiger partial charge >= 0.3 is 0 Å². The van der Waals surface area contributed by atoms with Crippen molar-refractivity contribution < 1.29 is 9.90 Å². The molecule has 2 unspecified atom stereocenters. The average molecular weight is 339 g/mol. The summed E-state index contributed by atoms with van der Waals surface area (Å²) < 4.78 is 1.89. The Morgan fingerprint density at radius 1 is 1.32 bits per heavy atom. The molecule has 2 N–H and O–H groups in total. The van der Waals surface area contributed by atoms with E-state index in [4.69, 9.17) is 0 Å². The van der Waals surface area contributed by atoms with E-state index < -0.39 is 0 Å². The van der Waals surface area contributed by atoms with E-state index >= 15 is 0 Å². The minimum absolute atomic E-state index is 0.134. The fourth-order valence-electron chi connectivity index (χ4n) is 3.42. The number of aryl methyl sites for hydroxylation is 1. The molecule has 1 aliphatic rings. The summed E-state index contributed by atoms with van der Waals surface area (Å²) in [5, 5.41) is 17.3. The Morgan fingerprint density at radius 2 is 2.08 bits per heavy atom. The Bertz CT molecular complexity index is 765. The van der Waals surface area contributed by atoms with E-state index in [9.17, 15) is 9.90 Å². The van der Waals surface area contributed by atoms with Gasteiger partial charge in [-0.2, -0.15) is 5.10 Å². The summed E-state index contributed by atoms with van der Waals surface area (Å²) in [6, 6.07) is 9.94. The second-order valence-electron chi connectivity index (χ2n) is 6.67. The lowest BCUT2D eigenvalue weighted by Crippen LogP contribution is -2.31. The number of para-hydroxylation sites is 1. The van der Waals surface area contributed by atoms with Gasteiger partial charge < -0.3 is 10.4 Å². The maximum absolute atomic E-state index is 12.1. The second kappa shape index (κ2) is 7.66. The molecule has 5 heteroatoms. The first kappa shape index (κ1) is 17.4. The van der Waals surface area contributed by atoms with E-state index in [1.807, 2.05) is 54.9 Å². The summed E-state index contributed by atoms with van der Waals surface area (Å²) in [6.45, 7) is 4.48. The van der Waals surface area contributed by atoms with Crippen LogP contribution in [0.5, 0.6) is 0 Å². The Morgan fingerprint density at radius 3 is 2.76 bits per heavy atom. The fourth-order valence-corrected chi connectivity index (χ4v) is 3.42. The van der Waals surface area contributed by atoms with Crippen molar-refractivity contribution in [1.82, 2.24) is 15.1 Å². The molecular weight excluding hydrogens is 314 g/mol. The predicted octanol–water partition coefficient (Wildman–Crippen LogP) is 2.78. The molecule has 0 radical (unpaired) electrons. The van der Waals surface area contributed by atoms with Gasteiger partial charge in [-0.25, -0.2) is 4.68 Å². The van der Waals surface area contributed by atoms with Crippen LogP contribution in [0, 0.1) is 19.8 Å². The zero-order valence-electron chi connectivity index (χ0n) is 14.8. The van der Waals surface area contributed by atoms with Crippen LogP contribution in [0.3, 0.4) is 0 Å². The first-order valence-corrected chi connectivity index (χ1v) is 8.82. The Hall–Kier alpha value is -2.40. The highest BCUT2D eigenvalue weighted by atomic mass is 16.3. The SMILES string of the molecule is Cc1nn(-c2ccccc2)c(C)c1C=CC(=O)NCC1CCCC1O. The number of aliphatic hydroxyl groups is 1. The van der Waals surface area contributed by atoms with Crippen LogP contribution in [-0.2, 0) is 4.79 Å². The van der Waals surface area contributed by atoms with Gasteiger partial charge in [-0.15, -0.1) is 0 Å². The number of nitrogens with zero attached hydrogens (tertiary/aromatic N) is 2. The van der Waals surface area contributed by atoms with Crippen molar-refractivity contribution in [2.24, 2.45) is 5.92 Å². The fraction of sp³-hybridized carbons (Fsp3) is 0.400. The molecule has 1 aromatic heterocycles. The van der Waals surface area contributed by atoms with Crippen LogP contribution in [0.4, 0.5) is 0 Å². The zero-order valence-corrected chi connectivity index (χ0v) is 14.8. The lowest BCUT2D eigenvalue weighted by Gasteiger charge is -2.13. The number of hydrogen-bond donors (Lipinski definition) is 2. The van der Waals surface area contributed by atoms with E-state index in [1.54, 1.807) is 6.08 Å². The van der Waals surface area contributed by atoms with Crippen molar-refractivity contribution >= 4 is 12.0 Å². The number of rotatable bonds is 5. The third-order valence-electron chi connectivity index (χ3n) is 4.91. The van der Waals surface area contributed by atoms with Gasteiger partial charge in [-0.3, -0.25) is 4.79 Å². The van der Waals surface area contributed by atoms with Gasteiger partial charge in [-0.1, -0.05) is 24.6 Å². The number of carbonyl (C=O) groups is 1. The van der Waals surface area contributed by atoms with Crippen LogP contribution in [0.1, 0.15) is 36.2 Å². The Kier molecular flexibility index (Phi) is 5.34. The molecule has 2 aromatic rings. The van der Waals surface area contributed by atoms with E-state index in [0.717, 1.165) is 41.9 Å². The lowest BCUT2D eigenvalue weighted by atomic mass is 10.1. The molecule has 1 saturated carbocycles. The summed E-state index contributed by atoms with van der Waals surface area (Å²) in [5.74, 6) is 0.0482. The van der Waals surface area contributed by atoms with Gasteiger partial charge in [0.05, 0.1) is 17.5 Å². The normalized spacial score (nSPS) is 20.3. The van der Waals surface area contributed by atoms with Gasteiger partial charge in [0, 0.05) is 29.8 Å². The number of aliphatic hydroxyl groups excluding tert-OH is 1. The lowest BCUT2D eigenvalue weighted by molar-refractivity contribution is -0.116. The van der Waals surface area contributed by atoms with Crippen LogP contribution in [0.15, 0.2) is 36.4 Å². The highest BCUT2D eigenvalue weighted by Crippen LogP contribution is 2.24. The van der Waals surface area contributed by atoms with E-state index in [1.165, 1.54) is 0 Å². The number of aromatic nitrogens is 2. The van der Waals surface area contributed by atoms with Crippen molar-refractivity contribution in [3.05, 3.63) is 53.4 Å². The van der Waals surface area contributed by atoms with Crippen LogP contribution in [-0.4, -0.2) is 33.4 Å². The molecule has 132 valence electrons. The summed E-state index contributed by atoms with van der Waals surface area (Å²) >= 11 is 0. The van der Waals surface area contributed by atoms with Crippen LogP contribution < -0.4 is 5.32 Å². The molecule has 5 nitrogen and oxygen atoms in total.